The quantitative estimate of drug-likeness (QED) is 0.726. The van der Waals surface area contributed by atoms with E-state index in [-0.39, 0.29) is 18.3 Å². The maximum atomic E-state index is 12.4. The summed E-state index contributed by atoms with van der Waals surface area (Å²) in [5.41, 5.74) is 1.70. The largest absolute Gasteiger partial charge is 0.493 e. The highest BCUT2D eigenvalue weighted by atomic mass is 32.2. The van der Waals surface area contributed by atoms with E-state index >= 15 is 0 Å². The van der Waals surface area contributed by atoms with Gasteiger partial charge in [-0.15, -0.1) is 0 Å². The lowest BCUT2D eigenvalue weighted by atomic mass is 10.1. The number of rotatable bonds is 9. The number of hydrogen-bond donors (Lipinski definition) is 1. The van der Waals surface area contributed by atoms with Crippen molar-refractivity contribution in [2.45, 2.75) is 11.8 Å². The van der Waals surface area contributed by atoms with Crippen LogP contribution < -0.4 is 14.2 Å². The number of sulfonamides is 1. The average Bonchev–Trinajstić information content (AvgIpc) is 2.61. The maximum absolute atomic E-state index is 12.4. The van der Waals surface area contributed by atoms with E-state index < -0.39 is 10.0 Å². The lowest BCUT2D eigenvalue weighted by Gasteiger charge is -2.25. The van der Waals surface area contributed by atoms with E-state index in [9.17, 15) is 8.42 Å². The SMILES string of the molecule is COc1ccc(C(CNS(=O)(=O)Cc2ccccc2)N(C)C)cc1OC. The molecular weight excluding hydrogens is 352 g/mol. The normalized spacial score (nSPS) is 12.8. The minimum Gasteiger partial charge on any atom is -0.493 e. The Labute approximate surface area is 155 Å². The zero-order chi connectivity index (χ0) is 19.2. The summed E-state index contributed by atoms with van der Waals surface area (Å²) in [5, 5.41) is 0. The summed E-state index contributed by atoms with van der Waals surface area (Å²) in [4.78, 5) is 1.96. The van der Waals surface area contributed by atoms with Gasteiger partial charge in [-0.1, -0.05) is 36.4 Å². The first-order valence-corrected chi connectivity index (χ1v) is 9.91. The van der Waals surface area contributed by atoms with Crippen molar-refractivity contribution in [1.29, 1.82) is 0 Å². The van der Waals surface area contributed by atoms with Gasteiger partial charge < -0.3 is 14.4 Å². The molecule has 1 atom stereocenters. The van der Waals surface area contributed by atoms with Crippen LogP contribution >= 0.6 is 0 Å². The molecule has 0 saturated heterocycles. The summed E-state index contributed by atoms with van der Waals surface area (Å²) in [7, 11) is 3.55. The number of ether oxygens (including phenoxy) is 2. The minimum atomic E-state index is -3.43. The topological polar surface area (TPSA) is 67.9 Å². The summed E-state index contributed by atoms with van der Waals surface area (Å²) in [5.74, 6) is 1.21. The third kappa shape index (κ3) is 5.45. The Morgan fingerprint density at radius 1 is 1.00 bits per heavy atom. The van der Waals surface area contributed by atoms with Gasteiger partial charge in [0.05, 0.1) is 20.0 Å². The van der Waals surface area contributed by atoms with Gasteiger partial charge >= 0.3 is 0 Å². The lowest BCUT2D eigenvalue weighted by Crippen LogP contribution is -2.35. The first kappa shape index (κ1) is 20.2. The van der Waals surface area contributed by atoms with Gasteiger partial charge in [0, 0.05) is 12.6 Å². The second-order valence-electron chi connectivity index (χ2n) is 6.19. The van der Waals surface area contributed by atoms with Crippen molar-refractivity contribution in [2.75, 3.05) is 34.9 Å². The van der Waals surface area contributed by atoms with Crippen LogP contribution in [0, 0.1) is 0 Å². The number of hydrogen-bond acceptors (Lipinski definition) is 5. The van der Waals surface area contributed by atoms with Crippen molar-refractivity contribution < 1.29 is 17.9 Å². The van der Waals surface area contributed by atoms with Gasteiger partial charge in [0.2, 0.25) is 10.0 Å². The van der Waals surface area contributed by atoms with Crippen molar-refractivity contribution in [3.8, 4) is 11.5 Å². The van der Waals surface area contributed by atoms with Crippen LogP contribution in [0.3, 0.4) is 0 Å². The summed E-state index contributed by atoms with van der Waals surface area (Å²) in [6, 6.07) is 14.6. The summed E-state index contributed by atoms with van der Waals surface area (Å²) in [6.07, 6.45) is 0. The number of likely N-dealkylation sites (N-methyl/N-ethyl adjacent to an activating group) is 1. The van der Waals surface area contributed by atoms with Crippen LogP contribution in [0.5, 0.6) is 11.5 Å². The minimum absolute atomic E-state index is 0.0417. The van der Waals surface area contributed by atoms with Gasteiger partial charge in [0.15, 0.2) is 11.5 Å². The molecule has 0 radical (unpaired) electrons. The molecule has 26 heavy (non-hydrogen) atoms. The van der Waals surface area contributed by atoms with E-state index in [2.05, 4.69) is 4.72 Å². The van der Waals surface area contributed by atoms with E-state index in [4.69, 9.17) is 9.47 Å². The van der Waals surface area contributed by atoms with E-state index in [1.165, 1.54) is 0 Å². The summed E-state index contributed by atoms with van der Waals surface area (Å²) < 4.78 is 38.1. The van der Waals surface area contributed by atoms with Crippen LogP contribution in [0.2, 0.25) is 0 Å². The zero-order valence-corrected chi connectivity index (χ0v) is 16.4. The molecule has 0 aliphatic rings. The summed E-state index contributed by atoms with van der Waals surface area (Å²) >= 11 is 0. The molecule has 2 rings (SSSR count). The van der Waals surface area contributed by atoms with Gasteiger partial charge in [0.1, 0.15) is 0 Å². The highest BCUT2D eigenvalue weighted by Crippen LogP contribution is 2.31. The third-order valence-corrected chi connectivity index (χ3v) is 5.43. The molecule has 2 aromatic rings. The van der Waals surface area contributed by atoms with Crippen molar-refractivity contribution in [2.24, 2.45) is 0 Å². The zero-order valence-electron chi connectivity index (χ0n) is 15.6. The van der Waals surface area contributed by atoms with Crippen LogP contribution in [0.15, 0.2) is 48.5 Å². The molecule has 0 aliphatic heterocycles. The van der Waals surface area contributed by atoms with Gasteiger partial charge in [-0.3, -0.25) is 0 Å². The number of nitrogens with one attached hydrogen (secondary N) is 1. The average molecular weight is 378 g/mol. The first-order valence-electron chi connectivity index (χ1n) is 8.26. The molecule has 1 N–H and O–H groups in total. The van der Waals surface area contributed by atoms with Crippen LogP contribution in [0.1, 0.15) is 17.2 Å². The van der Waals surface area contributed by atoms with E-state index in [0.29, 0.717) is 11.5 Å². The Hall–Kier alpha value is -2.09. The molecule has 0 bridgehead atoms. The van der Waals surface area contributed by atoms with Gasteiger partial charge in [0.25, 0.3) is 0 Å². The molecule has 0 saturated carbocycles. The third-order valence-electron chi connectivity index (χ3n) is 4.11. The smallest absolute Gasteiger partial charge is 0.215 e. The van der Waals surface area contributed by atoms with Crippen LogP contribution in [-0.4, -0.2) is 48.2 Å². The van der Waals surface area contributed by atoms with Crippen molar-refractivity contribution in [3.63, 3.8) is 0 Å². The molecule has 2 aromatic carbocycles. The summed E-state index contributed by atoms with van der Waals surface area (Å²) in [6.45, 7) is 0.262. The van der Waals surface area contributed by atoms with Gasteiger partial charge in [-0.25, -0.2) is 13.1 Å². The molecule has 0 spiro atoms. The molecule has 0 fully saturated rings. The molecule has 6 nitrogen and oxygen atoms in total. The molecule has 0 aliphatic carbocycles. The Bertz CT molecular complexity index is 808. The Morgan fingerprint density at radius 2 is 1.65 bits per heavy atom. The van der Waals surface area contributed by atoms with E-state index in [1.807, 2.05) is 55.4 Å². The molecule has 0 amide bonds. The second kappa shape index (κ2) is 9.02. The lowest BCUT2D eigenvalue weighted by molar-refractivity contribution is 0.297. The maximum Gasteiger partial charge on any atom is 0.215 e. The Kier molecular flexibility index (Phi) is 7.02. The van der Waals surface area contributed by atoms with E-state index in [1.54, 1.807) is 26.4 Å². The van der Waals surface area contributed by atoms with Crippen LogP contribution in [-0.2, 0) is 15.8 Å². The van der Waals surface area contributed by atoms with Gasteiger partial charge in [-0.05, 0) is 37.4 Å². The Balaban J connectivity index is 2.13. The number of nitrogens with zero attached hydrogens (tertiary/aromatic N) is 1. The van der Waals surface area contributed by atoms with E-state index in [0.717, 1.165) is 11.1 Å². The standard InChI is InChI=1S/C19H26N2O4S/c1-21(2)17(16-10-11-18(24-3)19(12-16)25-4)13-20-26(22,23)14-15-8-6-5-7-9-15/h5-12,17,20H,13-14H2,1-4H3. The fourth-order valence-electron chi connectivity index (χ4n) is 2.71. The van der Waals surface area contributed by atoms with Crippen LogP contribution in [0.25, 0.3) is 0 Å². The number of benzene rings is 2. The molecule has 1 unspecified atom stereocenters. The van der Waals surface area contributed by atoms with Crippen molar-refractivity contribution in [1.82, 2.24) is 9.62 Å². The predicted octanol–water partition coefficient (Wildman–Crippen LogP) is 2.43. The monoisotopic (exact) mass is 378 g/mol. The first-order chi connectivity index (χ1) is 12.4. The fourth-order valence-corrected chi connectivity index (χ4v) is 3.85. The van der Waals surface area contributed by atoms with Crippen molar-refractivity contribution >= 4 is 10.0 Å². The predicted molar refractivity (Wildman–Crippen MR) is 103 cm³/mol. The van der Waals surface area contributed by atoms with Gasteiger partial charge in [-0.2, -0.15) is 0 Å². The van der Waals surface area contributed by atoms with Crippen molar-refractivity contribution in [3.05, 3.63) is 59.7 Å². The highest BCUT2D eigenvalue weighted by Gasteiger charge is 2.20. The Morgan fingerprint density at radius 3 is 2.23 bits per heavy atom. The van der Waals surface area contributed by atoms with Crippen LogP contribution in [0.4, 0.5) is 0 Å². The molecule has 0 aromatic heterocycles. The number of methoxy groups -OCH3 is 2. The molecular formula is C19H26N2O4S. The highest BCUT2D eigenvalue weighted by molar-refractivity contribution is 7.88. The molecule has 7 heteroatoms. The molecule has 0 heterocycles. The fraction of sp³-hybridized carbons (Fsp3) is 0.368. The second-order valence-corrected chi connectivity index (χ2v) is 7.99. The molecule has 142 valence electrons.